The third-order valence-corrected chi connectivity index (χ3v) is 4.72. The van der Waals surface area contributed by atoms with Crippen LogP contribution in [0.4, 0.5) is 0 Å². The number of rotatable bonds is 4. The minimum atomic E-state index is -1.42. The van der Waals surface area contributed by atoms with Gasteiger partial charge in [-0.15, -0.1) is 0 Å². The molecule has 2 nitrogen and oxygen atoms in total. The van der Waals surface area contributed by atoms with Crippen LogP contribution in [0.1, 0.15) is 11.1 Å². The van der Waals surface area contributed by atoms with Crippen molar-refractivity contribution >= 4 is 25.6 Å². The second-order valence-corrected chi connectivity index (χ2v) is 10.5. The first-order chi connectivity index (χ1) is 9.00. The SMILES string of the molecule is COc1ccc(/C=C/c2ccoc2[Si](C)(C)C)cc1. The molecule has 0 radical (unpaired) electrons. The molecule has 1 aromatic heterocycles. The van der Waals surface area contributed by atoms with E-state index in [0.717, 1.165) is 16.7 Å². The summed E-state index contributed by atoms with van der Waals surface area (Å²) in [6.07, 6.45) is 6.01. The average Bonchev–Trinajstić information content (AvgIpc) is 2.85. The van der Waals surface area contributed by atoms with Crippen LogP contribution in [0.15, 0.2) is 41.0 Å². The summed E-state index contributed by atoms with van der Waals surface area (Å²) in [5.41, 5.74) is 2.35. The molecule has 19 heavy (non-hydrogen) atoms. The Bertz CT molecular complexity index is 559. The molecule has 1 heterocycles. The predicted octanol–water partition coefficient (Wildman–Crippen LogP) is 4.00. The molecule has 0 bridgehead atoms. The van der Waals surface area contributed by atoms with Crippen molar-refractivity contribution in [2.45, 2.75) is 19.6 Å². The van der Waals surface area contributed by atoms with Crippen LogP contribution in [0.25, 0.3) is 12.2 Å². The van der Waals surface area contributed by atoms with Gasteiger partial charge in [0.05, 0.1) is 18.8 Å². The molecule has 2 rings (SSSR count). The highest BCUT2D eigenvalue weighted by Gasteiger charge is 2.22. The van der Waals surface area contributed by atoms with E-state index in [1.807, 2.05) is 30.3 Å². The highest BCUT2D eigenvalue weighted by molar-refractivity contribution is 6.88. The van der Waals surface area contributed by atoms with Gasteiger partial charge in [-0.1, -0.05) is 43.9 Å². The third-order valence-electron chi connectivity index (χ3n) is 2.95. The number of benzene rings is 1. The second kappa shape index (κ2) is 5.49. The maximum absolute atomic E-state index is 5.64. The molecule has 0 spiro atoms. The number of hydrogen-bond acceptors (Lipinski definition) is 2. The van der Waals surface area contributed by atoms with Crippen molar-refractivity contribution in [3.8, 4) is 5.75 Å². The molecule has 0 aliphatic rings. The molecule has 1 aromatic carbocycles. The molecule has 100 valence electrons. The zero-order valence-corrected chi connectivity index (χ0v) is 12.9. The molecule has 0 saturated carbocycles. The van der Waals surface area contributed by atoms with E-state index in [9.17, 15) is 0 Å². The molecule has 0 fully saturated rings. The highest BCUT2D eigenvalue weighted by atomic mass is 28.3. The minimum Gasteiger partial charge on any atom is -0.497 e. The summed E-state index contributed by atoms with van der Waals surface area (Å²) in [7, 11) is 0.261. The summed E-state index contributed by atoms with van der Waals surface area (Å²) in [6, 6.07) is 10.1. The zero-order valence-electron chi connectivity index (χ0n) is 11.9. The maximum atomic E-state index is 5.64. The molecule has 0 aliphatic heterocycles. The van der Waals surface area contributed by atoms with E-state index in [2.05, 4.69) is 31.8 Å². The smallest absolute Gasteiger partial charge is 0.124 e. The number of ether oxygens (including phenoxy) is 1. The second-order valence-electron chi connectivity index (χ2n) is 5.56. The molecular weight excluding hydrogens is 252 g/mol. The third kappa shape index (κ3) is 3.38. The molecule has 2 aromatic rings. The molecule has 0 atom stereocenters. The molecule has 0 amide bonds. The van der Waals surface area contributed by atoms with Crippen molar-refractivity contribution in [2.24, 2.45) is 0 Å². The van der Waals surface area contributed by atoms with Crippen molar-refractivity contribution in [3.05, 3.63) is 47.7 Å². The lowest BCUT2D eigenvalue weighted by molar-refractivity contribution is 0.415. The van der Waals surface area contributed by atoms with Gasteiger partial charge in [0.2, 0.25) is 0 Å². The van der Waals surface area contributed by atoms with Crippen LogP contribution < -0.4 is 10.1 Å². The van der Waals surface area contributed by atoms with Gasteiger partial charge in [-0.3, -0.25) is 0 Å². The van der Waals surface area contributed by atoms with Crippen molar-refractivity contribution in [3.63, 3.8) is 0 Å². The molecular formula is C16H20O2Si. The Kier molecular flexibility index (Phi) is 3.95. The van der Waals surface area contributed by atoms with E-state index in [4.69, 9.17) is 9.15 Å². The molecule has 0 unspecified atom stereocenters. The van der Waals surface area contributed by atoms with Crippen LogP contribution in [-0.2, 0) is 0 Å². The van der Waals surface area contributed by atoms with Gasteiger partial charge in [0.1, 0.15) is 13.8 Å². The van der Waals surface area contributed by atoms with Crippen LogP contribution >= 0.6 is 0 Å². The van der Waals surface area contributed by atoms with Gasteiger partial charge >= 0.3 is 0 Å². The fraction of sp³-hybridized carbons (Fsp3) is 0.250. The fourth-order valence-corrected chi connectivity index (χ4v) is 3.42. The van der Waals surface area contributed by atoms with Crippen molar-refractivity contribution in [1.29, 1.82) is 0 Å². The van der Waals surface area contributed by atoms with Gasteiger partial charge in [-0.2, -0.15) is 0 Å². The lowest BCUT2D eigenvalue weighted by Gasteiger charge is -2.13. The number of methoxy groups -OCH3 is 1. The van der Waals surface area contributed by atoms with E-state index in [-0.39, 0.29) is 0 Å². The van der Waals surface area contributed by atoms with E-state index >= 15 is 0 Å². The Morgan fingerprint density at radius 1 is 1.00 bits per heavy atom. The van der Waals surface area contributed by atoms with Crippen LogP contribution in [0, 0.1) is 0 Å². The van der Waals surface area contributed by atoms with Crippen LogP contribution in [0.5, 0.6) is 5.75 Å². The Morgan fingerprint density at radius 3 is 2.26 bits per heavy atom. The first-order valence-electron chi connectivity index (χ1n) is 6.41. The minimum absolute atomic E-state index is 0.878. The normalized spacial score (nSPS) is 12.0. The summed E-state index contributed by atoms with van der Waals surface area (Å²) < 4.78 is 10.8. The predicted molar refractivity (Wildman–Crippen MR) is 83.6 cm³/mol. The van der Waals surface area contributed by atoms with Gasteiger partial charge in [0.15, 0.2) is 0 Å². The standard InChI is InChI=1S/C16H20O2Si/c1-17-15-9-6-13(7-10-15)5-8-14-11-12-18-16(14)19(2,3)4/h5-12H,1-4H3/b8-5+. The Morgan fingerprint density at radius 2 is 1.68 bits per heavy atom. The number of furan rings is 1. The monoisotopic (exact) mass is 272 g/mol. The Hall–Kier alpha value is -1.74. The first kappa shape index (κ1) is 13.7. The molecule has 0 N–H and O–H groups in total. The van der Waals surface area contributed by atoms with Gasteiger partial charge in [0, 0.05) is 5.56 Å². The largest absolute Gasteiger partial charge is 0.497 e. The van der Waals surface area contributed by atoms with Crippen LogP contribution in [0.3, 0.4) is 0 Å². The molecule has 0 saturated heterocycles. The fourth-order valence-electron chi connectivity index (χ4n) is 1.96. The lowest BCUT2D eigenvalue weighted by Crippen LogP contribution is -2.37. The first-order valence-corrected chi connectivity index (χ1v) is 9.91. The van der Waals surface area contributed by atoms with E-state index < -0.39 is 8.07 Å². The van der Waals surface area contributed by atoms with Gasteiger partial charge in [-0.25, -0.2) is 0 Å². The summed E-state index contributed by atoms with van der Waals surface area (Å²) in [6.45, 7) is 6.86. The summed E-state index contributed by atoms with van der Waals surface area (Å²) >= 11 is 0. The Labute approximate surface area is 115 Å². The van der Waals surface area contributed by atoms with Crippen LogP contribution in [0.2, 0.25) is 19.6 Å². The van der Waals surface area contributed by atoms with E-state index in [1.54, 1.807) is 13.4 Å². The lowest BCUT2D eigenvalue weighted by atomic mass is 10.2. The number of hydrogen-bond donors (Lipinski definition) is 0. The maximum Gasteiger partial charge on any atom is 0.124 e. The van der Waals surface area contributed by atoms with Gasteiger partial charge in [0.25, 0.3) is 0 Å². The van der Waals surface area contributed by atoms with Crippen LogP contribution in [-0.4, -0.2) is 15.2 Å². The van der Waals surface area contributed by atoms with Crippen molar-refractivity contribution < 1.29 is 9.15 Å². The summed E-state index contributed by atoms with van der Waals surface area (Å²) in [5, 5.41) is 1.15. The van der Waals surface area contributed by atoms with E-state index in [0.29, 0.717) is 0 Å². The zero-order chi connectivity index (χ0) is 13.9. The topological polar surface area (TPSA) is 22.4 Å². The van der Waals surface area contributed by atoms with Crippen molar-refractivity contribution in [1.82, 2.24) is 0 Å². The summed E-state index contributed by atoms with van der Waals surface area (Å²) in [4.78, 5) is 0. The average molecular weight is 272 g/mol. The van der Waals surface area contributed by atoms with E-state index in [1.165, 1.54) is 5.56 Å². The Balaban J connectivity index is 2.20. The van der Waals surface area contributed by atoms with Crippen molar-refractivity contribution in [2.75, 3.05) is 7.11 Å². The highest BCUT2D eigenvalue weighted by Crippen LogP contribution is 2.15. The summed E-state index contributed by atoms with van der Waals surface area (Å²) in [5.74, 6) is 0.878. The molecule has 3 heteroatoms. The van der Waals surface area contributed by atoms with Gasteiger partial charge < -0.3 is 9.15 Å². The molecule has 0 aliphatic carbocycles. The van der Waals surface area contributed by atoms with Gasteiger partial charge in [-0.05, 0) is 23.8 Å². The quantitative estimate of drug-likeness (QED) is 0.785.